The number of ether oxygens (including phenoxy) is 2. The SMILES string of the molecule is COc1ccc2c(Cl)c(OCCCCCBr)ccc2c1. The van der Waals surface area contributed by atoms with Crippen molar-refractivity contribution in [3.8, 4) is 11.5 Å². The van der Waals surface area contributed by atoms with Crippen molar-refractivity contribution in [1.29, 1.82) is 0 Å². The monoisotopic (exact) mass is 356 g/mol. The first kappa shape index (κ1) is 15.5. The van der Waals surface area contributed by atoms with E-state index in [0.29, 0.717) is 11.6 Å². The average Bonchev–Trinajstić information content (AvgIpc) is 2.48. The van der Waals surface area contributed by atoms with E-state index in [0.717, 1.165) is 40.4 Å². The fourth-order valence-electron chi connectivity index (χ4n) is 2.04. The highest BCUT2D eigenvalue weighted by Crippen LogP contribution is 2.34. The molecule has 0 saturated carbocycles. The molecule has 2 aromatic carbocycles. The molecular weight excluding hydrogens is 340 g/mol. The minimum Gasteiger partial charge on any atom is -0.497 e. The molecule has 0 N–H and O–H groups in total. The zero-order valence-corrected chi connectivity index (χ0v) is 13.8. The molecule has 0 spiro atoms. The molecule has 108 valence electrons. The first-order chi connectivity index (χ1) is 9.76. The van der Waals surface area contributed by atoms with Crippen molar-refractivity contribution in [2.24, 2.45) is 0 Å². The second-order valence-electron chi connectivity index (χ2n) is 4.56. The number of halogens is 2. The third-order valence-corrected chi connectivity index (χ3v) is 4.11. The normalized spacial score (nSPS) is 10.8. The molecule has 0 saturated heterocycles. The molecule has 2 aromatic rings. The van der Waals surface area contributed by atoms with Gasteiger partial charge in [-0.25, -0.2) is 0 Å². The Kier molecular flexibility index (Phi) is 5.99. The predicted octanol–water partition coefficient (Wildman–Crippen LogP) is 5.45. The number of unbranched alkanes of at least 4 members (excludes halogenated alkanes) is 2. The molecule has 0 fully saturated rings. The van der Waals surface area contributed by atoms with Crippen molar-refractivity contribution in [3.05, 3.63) is 35.4 Å². The minimum absolute atomic E-state index is 0.672. The molecule has 0 bridgehead atoms. The van der Waals surface area contributed by atoms with Gasteiger partial charge in [0.05, 0.1) is 18.7 Å². The quantitative estimate of drug-likeness (QED) is 0.485. The van der Waals surface area contributed by atoms with Gasteiger partial charge in [-0.2, -0.15) is 0 Å². The van der Waals surface area contributed by atoms with Crippen LogP contribution in [0.2, 0.25) is 5.02 Å². The molecule has 2 nitrogen and oxygen atoms in total. The van der Waals surface area contributed by atoms with Crippen LogP contribution in [0.3, 0.4) is 0 Å². The number of methoxy groups -OCH3 is 1. The summed E-state index contributed by atoms with van der Waals surface area (Å²) in [5, 5.41) is 3.77. The van der Waals surface area contributed by atoms with Crippen LogP contribution in [0.4, 0.5) is 0 Å². The van der Waals surface area contributed by atoms with Gasteiger partial charge in [0.15, 0.2) is 0 Å². The van der Waals surface area contributed by atoms with E-state index < -0.39 is 0 Å². The Hall–Kier alpha value is -0.930. The van der Waals surface area contributed by atoms with Gasteiger partial charge < -0.3 is 9.47 Å². The summed E-state index contributed by atoms with van der Waals surface area (Å²) in [6.45, 7) is 0.703. The van der Waals surface area contributed by atoms with Crippen LogP contribution in [0.25, 0.3) is 10.8 Å². The minimum atomic E-state index is 0.672. The van der Waals surface area contributed by atoms with E-state index >= 15 is 0 Å². The molecule has 0 aliphatic carbocycles. The van der Waals surface area contributed by atoms with Gasteiger partial charge in [0, 0.05) is 10.7 Å². The summed E-state index contributed by atoms with van der Waals surface area (Å²) in [5.41, 5.74) is 0. The molecule has 2 rings (SSSR count). The Morgan fingerprint density at radius 2 is 1.95 bits per heavy atom. The largest absolute Gasteiger partial charge is 0.497 e. The van der Waals surface area contributed by atoms with E-state index in [1.165, 1.54) is 6.42 Å². The maximum atomic E-state index is 6.40. The molecule has 4 heteroatoms. The Labute approximate surface area is 133 Å². The Bertz CT molecular complexity index is 572. The van der Waals surface area contributed by atoms with E-state index in [-0.39, 0.29) is 0 Å². The van der Waals surface area contributed by atoms with Crippen LogP contribution < -0.4 is 9.47 Å². The fraction of sp³-hybridized carbons (Fsp3) is 0.375. The van der Waals surface area contributed by atoms with Crippen LogP contribution in [-0.2, 0) is 0 Å². The summed E-state index contributed by atoms with van der Waals surface area (Å²) in [5.74, 6) is 1.58. The molecule has 0 amide bonds. The zero-order chi connectivity index (χ0) is 14.4. The van der Waals surface area contributed by atoms with Gasteiger partial charge in [0.2, 0.25) is 0 Å². The van der Waals surface area contributed by atoms with Gasteiger partial charge in [-0.3, -0.25) is 0 Å². The summed E-state index contributed by atoms with van der Waals surface area (Å²) in [6.07, 6.45) is 3.38. The van der Waals surface area contributed by atoms with Crippen molar-refractivity contribution in [2.75, 3.05) is 19.0 Å². The second-order valence-corrected chi connectivity index (χ2v) is 5.73. The van der Waals surface area contributed by atoms with Crippen LogP contribution >= 0.6 is 27.5 Å². The van der Waals surface area contributed by atoms with Gasteiger partial charge in [0.1, 0.15) is 11.5 Å². The van der Waals surface area contributed by atoms with E-state index in [4.69, 9.17) is 21.1 Å². The zero-order valence-electron chi connectivity index (χ0n) is 11.5. The second kappa shape index (κ2) is 7.75. The summed E-state index contributed by atoms with van der Waals surface area (Å²) in [4.78, 5) is 0. The van der Waals surface area contributed by atoms with Crippen molar-refractivity contribution < 1.29 is 9.47 Å². The van der Waals surface area contributed by atoms with E-state index in [2.05, 4.69) is 15.9 Å². The summed E-state index contributed by atoms with van der Waals surface area (Å²) in [7, 11) is 1.66. The standard InChI is InChI=1S/C16H18BrClO2/c1-19-13-6-7-14-12(11-13)5-8-15(16(14)18)20-10-4-2-3-9-17/h5-8,11H,2-4,9-10H2,1H3. The lowest BCUT2D eigenvalue weighted by Crippen LogP contribution is -1.98. The van der Waals surface area contributed by atoms with Crippen LogP contribution in [0.1, 0.15) is 19.3 Å². The summed E-state index contributed by atoms with van der Waals surface area (Å²) >= 11 is 9.83. The third kappa shape index (κ3) is 3.80. The molecule has 0 aromatic heterocycles. The van der Waals surface area contributed by atoms with Gasteiger partial charge in [0.25, 0.3) is 0 Å². The van der Waals surface area contributed by atoms with E-state index in [9.17, 15) is 0 Å². The van der Waals surface area contributed by atoms with Crippen LogP contribution in [0, 0.1) is 0 Å². The van der Waals surface area contributed by atoms with Gasteiger partial charge >= 0.3 is 0 Å². The predicted molar refractivity (Wildman–Crippen MR) is 88.7 cm³/mol. The Balaban J connectivity index is 2.09. The van der Waals surface area contributed by atoms with Gasteiger partial charge in [-0.15, -0.1) is 0 Å². The average molecular weight is 358 g/mol. The maximum absolute atomic E-state index is 6.40. The van der Waals surface area contributed by atoms with E-state index in [1.54, 1.807) is 7.11 Å². The van der Waals surface area contributed by atoms with Crippen molar-refractivity contribution in [3.63, 3.8) is 0 Å². The lowest BCUT2D eigenvalue weighted by atomic mass is 10.1. The third-order valence-electron chi connectivity index (χ3n) is 3.16. The number of alkyl halides is 1. The number of rotatable bonds is 7. The molecular formula is C16H18BrClO2. The highest BCUT2D eigenvalue weighted by Gasteiger charge is 2.07. The topological polar surface area (TPSA) is 18.5 Å². The highest BCUT2D eigenvalue weighted by molar-refractivity contribution is 9.09. The molecule has 20 heavy (non-hydrogen) atoms. The van der Waals surface area contributed by atoms with Crippen LogP contribution in [-0.4, -0.2) is 19.0 Å². The van der Waals surface area contributed by atoms with E-state index in [1.807, 2.05) is 30.3 Å². The number of fused-ring (bicyclic) bond motifs is 1. The van der Waals surface area contributed by atoms with Crippen molar-refractivity contribution >= 4 is 38.3 Å². The molecule has 0 atom stereocenters. The van der Waals surface area contributed by atoms with Crippen molar-refractivity contribution in [1.82, 2.24) is 0 Å². The lowest BCUT2D eigenvalue weighted by molar-refractivity contribution is 0.307. The summed E-state index contributed by atoms with van der Waals surface area (Å²) < 4.78 is 11.0. The Morgan fingerprint density at radius 3 is 2.70 bits per heavy atom. The fourth-order valence-corrected chi connectivity index (χ4v) is 2.73. The van der Waals surface area contributed by atoms with Crippen LogP contribution in [0.15, 0.2) is 30.3 Å². The maximum Gasteiger partial charge on any atom is 0.138 e. The first-order valence-electron chi connectivity index (χ1n) is 6.71. The van der Waals surface area contributed by atoms with Crippen molar-refractivity contribution in [2.45, 2.75) is 19.3 Å². The van der Waals surface area contributed by atoms with Gasteiger partial charge in [-0.05, 0) is 48.9 Å². The number of hydrogen-bond acceptors (Lipinski definition) is 2. The molecule has 0 heterocycles. The first-order valence-corrected chi connectivity index (χ1v) is 8.21. The lowest BCUT2D eigenvalue weighted by Gasteiger charge is -2.10. The molecule has 0 aliphatic heterocycles. The molecule has 0 unspecified atom stereocenters. The molecule has 0 radical (unpaired) electrons. The highest BCUT2D eigenvalue weighted by atomic mass is 79.9. The summed E-state index contributed by atoms with van der Waals surface area (Å²) in [6, 6.07) is 9.79. The smallest absolute Gasteiger partial charge is 0.138 e. The molecule has 0 aliphatic rings. The van der Waals surface area contributed by atoms with Gasteiger partial charge in [-0.1, -0.05) is 33.6 Å². The number of benzene rings is 2. The number of hydrogen-bond donors (Lipinski definition) is 0. The van der Waals surface area contributed by atoms with Crippen LogP contribution in [0.5, 0.6) is 11.5 Å². The Morgan fingerprint density at radius 1 is 1.10 bits per heavy atom.